The molecule has 5 aliphatic heterocycles. The van der Waals surface area contributed by atoms with Gasteiger partial charge >= 0.3 is 0 Å². The third-order valence-corrected chi connectivity index (χ3v) is 20.0. The van der Waals surface area contributed by atoms with Crippen LogP contribution < -0.4 is 26.2 Å². The fourth-order valence-corrected chi connectivity index (χ4v) is 15.9. The highest BCUT2D eigenvalue weighted by molar-refractivity contribution is 7.90. The Hall–Kier alpha value is -3.88. The van der Waals surface area contributed by atoms with Crippen LogP contribution in [0, 0.1) is 52.7 Å². The lowest BCUT2D eigenvalue weighted by Crippen LogP contribution is -2.51. The predicted octanol–water partition coefficient (Wildman–Crippen LogP) is 4.62. The van der Waals surface area contributed by atoms with Gasteiger partial charge in [-0.2, -0.15) is 8.61 Å². The standard InChI is InChI=1S/C24H30F3N3O5S2.C23H32F3N3O4S/c1-35-19-4-6-20(7-5-19)37(33,34)29-8-9-36(31,32)30-17-2-3-18(30)11-16(10-17)24(28)13-15-12-22(26)23(27)14-21(15)25;24-19-13-21(26)20(25)11-15(19)12-22(27)16-9-17-1-2-18(10-16)29(17)34(31,32)8-5-28-23(30)14-3-6-33-7-4-14/h4-7,12,14,16-18,24,29H,2-3,8-11,13,28H2,1H3;11,13-14,16-18,22H,1-10,12,27H2,(H,28,30)/t16?,17-,18+,24-;16?,17-,18+,22-/m11/s1. The van der Waals surface area contributed by atoms with Crippen LogP contribution in [0.4, 0.5) is 26.3 Å². The molecule has 8 atom stereocenters. The number of benzene rings is 3. The Morgan fingerprint density at radius 1 is 0.634 bits per heavy atom. The minimum absolute atomic E-state index is 0.00181. The topological polar surface area (TPSA) is 221 Å². The Labute approximate surface area is 411 Å². The van der Waals surface area contributed by atoms with E-state index in [1.165, 1.54) is 35.7 Å². The van der Waals surface area contributed by atoms with Gasteiger partial charge < -0.3 is 26.3 Å². The molecule has 5 saturated heterocycles. The first kappa shape index (κ1) is 54.9. The molecule has 3 aromatic rings. The number of piperidine rings is 2. The summed E-state index contributed by atoms with van der Waals surface area (Å²) in [7, 11) is -9.77. The number of nitrogens with zero attached hydrogens (tertiary/aromatic N) is 2. The summed E-state index contributed by atoms with van der Waals surface area (Å²) >= 11 is 0. The zero-order valence-electron chi connectivity index (χ0n) is 39.3. The fraction of sp³-hybridized carbons (Fsp3) is 0.596. The SMILES string of the molecule is COc1ccc(S(=O)(=O)NCCS(=O)(=O)N2[C@@H]3CC[C@H]2CC([C@H](N)Cc2cc(F)c(F)cc2F)C3)cc1.N[C@H](Cc1cc(F)c(F)cc1F)C1C[C@H]2CC[C@@H](C1)N2S(=O)(=O)CCNC(=O)C1CCOCC1. The van der Waals surface area contributed by atoms with Crippen molar-refractivity contribution >= 4 is 36.0 Å². The quantitative estimate of drug-likeness (QED) is 0.102. The van der Waals surface area contributed by atoms with Crippen LogP contribution in [0.15, 0.2) is 53.4 Å². The number of halogens is 6. The maximum Gasteiger partial charge on any atom is 0.240 e. The minimum atomic E-state index is -3.89. The summed E-state index contributed by atoms with van der Waals surface area (Å²) in [5.41, 5.74) is 12.6. The summed E-state index contributed by atoms with van der Waals surface area (Å²) < 4.78 is 175. The van der Waals surface area contributed by atoms with Gasteiger partial charge in [-0.05, 0) is 136 Å². The second-order valence-corrected chi connectivity index (χ2v) is 25.0. The lowest BCUT2D eigenvalue weighted by molar-refractivity contribution is -0.127. The molecule has 15 nitrogen and oxygen atoms in total. The molecule has 24 heteroatoms. The molecular formula is C47H62F6N6O9S3. The first-order chi connectivity index (χ1) is 33.6. The van der Waals surface area contributed by atoms with E-state index in [0.29, 0.717) is 82.5 Å². The van der Waals surface area contributed by atoms with Crippen LogP contribution in [-0.2, 0) is 52.4 Å². The molecule has 6 N–H and O–H groups in total. The van der Waals surface area contributed by atoms with Gasteiger partial charge in [-0.15, -0.1) is 0 Å². The number of hydrogen-bond donors (Lipinski definition) is 4. The van der Waals surface area contributed by atoms with Gasteiger partial charge in [0.05, 0.1) is 23.5 Å². The second kappa shape index (κ2) is 23.1. The summed E-state index contributed by atoms with van der Waals surface area (Å²) in [4.78, 5) is 12.3. The summed E-state index contributed by atoms with van der Waals surface area (Å²) in [6.45, 7) is 0.858. The molecule has 4 bridgehead atoms. The molecule has 71 heavy (non-hydrogen) atoms. The molecule has 8 rings (SSSR count). The lowest BCUT2D eigenvalue weighted by atomic mass is 9.83. The average molecular weight is 1070 g/mol. The Morgan fingerprint density at radius 2 is 1.04 bits per heavy atom. The van der Waals surface area contributed by atoms with Crippen LogP contribution in [0.3, 0.4) is 0 Å². The Kier molecular flexibility index (Phi) is 17.9. The van der Waals surface area contributed by atoms with Crippen molar-refractivity contribution in [2.45, 2.75) is 118 Å². The number of methoxy groups -OCH3 is 1. The second-order valence-electron chi connectivity index (χ2n) is 19.2. The van der Waals surface area contributed by atoms with E-state index in [-0.39, 0.29) is 95.5 Å². The van der Waals surface area contributed by atoms with Crippen molar-refractivity contribution in [3.05, 3.63) is 94.6 Å². The molecule has 0 radical (unpaired) electrons. The van der Waals surface area contributed by atoms with Crippen molar-refractivity contribution in [3.8, 4) is 5.75 Å². The van der Waals surface area contributed by atoms with Gasteiger partial charge in [0, 0.05) is 80.6 Å². The zero-order valence-corrected chi connectivity index (χ0v) is 41.7. The number of nitrogens with one attached hydrogen (secondary N) is 2. The third kappa shape index (κ3) is 13.3. The molecule has 5 aliphatic rings. The van der Waals surface area contributed by atoms with Crippen LogP contribution >= 0.6 is 0 Å². The van der Waals surface area contributed by atoms with Crippen LogP contribution in [0.2, 0.25) is 0 Å². The molecule has 0 aromatic heterocycles. The van der Waals surface area contributed by atoms with E-state index in [4.69, 9.17) is 20.9 Å². The van der Waals surface area contributed by atoms with E-state index >= 15 is 0 Å². The highest BCUT2D eigenvalue weighted by Gasteiger charge is 2.49. The molecule has 3 aromatic carbocycles. The van der Waals surface area contributed by atoms with Crippen molar-refractivity contribution in [3.63, 3.8) is 0 Å². The third-order valence-electron chi connectivity index (χ3n) is 14.6. The van der Waals surface area contributed by atoms with E-state index in [9.17, 15) is 56.4 Å². The number of carbonyl (C=O) groups is 1. The lowest BCUT2D eigenvalue weighted by Gasteiger charge is -2.40. The number of sulfonamides is 3. The molecule has 0 saturated carbocycles. The molecule has 5 fully saturated rings. The van der Waals surface area contributed by atoms with Crippen LogP contribution in [0.25, 0.3) is 0 Å². The van der Waals surface area contributed by atoms with Crippen molar-refractivity contribution in [1.29, 1.82) is 0 Å². The Balaban J connectivity index is 0.000000209. The van der Waals surface area contributed by atoms with E-state index in [1.54, 1.807) is 4.31 Å². The first-order valence-corrected chi connectivity index (χ1v) is 28.6. The van der Waals surface area contributed by atoms with Crippen LogP contribution in [-0.4, -0.2) is 121 Å². The Morgan fingerprint density at radius 3 is 1.46 bits per heavy atom. The molecular weight excluding hydrogens is 1000 g/mol. The van der Waals surface area contributed by atoms with Gasteiger partial charge in [0.25, 0.3) is 0 Å². The van der Waals surface area contributed by atoms with Gasteiger partial charge in [-0.3, -0.25) is 4.79 Å². The number of ether oxygens (including phenoxy) is 2. The van der Waals surface area contributed by atoms with Crippen LogP contribution in [0.5, 0.6) is 5.75 Å². The van der Waals surface area contributed by atoms with Gasteiger partial charge in [0.15, 0.2) is 23.3 Å². The van der Waals surface area contributed by atoms with E-state index in [1.807, 2.05) is 0 Å². The smallest absolute Gasteiger partial charge is 0.240 e. The summed E-state index contributed by atoms with van der Waals surface area (Å²) in [5, 5.41) is 2.75. The molecule has 0 spiro atoms. The van der Waals surface area contributed by atoms with Crippen molar-refractivity contribution in [2.24, 2.45) is 29.2 Å². The predicted molar refractivity (Wildman–Crippen MR) is 251 cm³/mol. The van der Waals surface area contributed by atoms with E-state index in [2.05, 4.69) is 10.0 Å². The highest BCUT2D eigenvalue weighted by atomic mass is 32.2. The van der Waals surface area contributed by atoms with Gasteiger partial charge in [-0.1, -0.05) is 0 Å². The number of nitrogens with two attached hydrogens (primary N) is 2. The highest BCUT2D eigenvalue weighted by Crippen LogP contribution is 2.43. The van der Waals surface area contributed by atoms with E-state index < -0.39 is 82.8 Å². The van der Waals surface area contributed by atoms with Gasteiger partial charge in [0.1, 0.15) is 17.4 Å². The Bertz CT molecular complexity index is 2680. The monoisotopic (exact) mass is 1060 g/mol. The molecule has 1 amide bonds. The number of hydrogen-bond acceptors (Lipinski definition) is 11. The number of amides is 1. The number of rotatable bonds is 18. The number of carbonyl (C=O) groups excluding carboxylic acids is 1. The first-order valence-electron chi connectivity index (χ1n) is 23.9. The van der Waals surface area contributed by atoms with Crippen molar-refractivity contribution in [1.82, 2.24) is 18.6 Å². The maximum atomic E-state index is 14.1. The number of fused-ring (bicyclic) bond motifs is 4. The van der Waals surface area contributed by atoms with Crippen LogP contribution in [0.1, 0.15) is 75.3 Å². The molecule has 5 heterocycles. The molecule has 394 valence electrons. The van der Waals surface area contributed by atoms with Crippen molar-refractivity contribution in [2.75, 3.05) is 44.9 Å². The fourth-order valence-electron chi connectivity index (χ4n) is 11.0. The average Bonchev–Trinajstić information content (AvgIpc) is 3.78. The van der Waals surface area contributed by atoms with Crippen molar-refractivity contribution < 1.29 is 65.9 Å². The summed E-state index contributed by atoms with van der Waals surface area (Å²) in [5.74, 6) is -6.97. The summed E-state index contributed by atoms with van der Waals surface area (Å²) in [6, 6.07) is 6.39. The van der Waals surface area contributed by atoms with E-state index in [0.717, 1.165) is 25.0 Å². The normalized spacial score (nSPS) is 25.0. The molecule has 2 unspecified atom stereocenters. The largest absolute Gasteiger partial charge is 0.497 e. The minimum Gasteiger partial charge on any atom is -0.497 e. The zero-order chi connectivity index (χ0) is 51.4. The van der Waals surface area contributed by atoms with Gasteiger partial charge in [0.2, 0.25) is 36.0 Å². The van der Waals surface area contributed by atoms with Gasteiger partial charge in [-0.25, -0.2) is 56.3 Å². The summed E-state index contributed by atoms with van der Waals surface area (Å²) in [6.07, 6.45) is 6.07. The maximum absolute atomic E-state index is 14.1. The molecule has 0 aliphatic carbocycles.